The molecule has 126 valence electrons. The fourth-order valence-electron chi connectivity index (χ4n) is 6.14. The van der Waals surface area contributed by atoms with Crippen LogP contribution in [0.25, 0.3) is 10.8 Å². The Morgan fingerprint density at radius 3 is 2.17 bits per heavy atom. The highest BCUT2D eigenvalue weighted by atomic mass is 16.5. The van der Waals surface area contributed by atoms with Crippen molar-refractivity contribution in [2.45, 2.75) is 70.8 Å². The van der Waals surface area contributed by atoms with Gasteiger partial charge < -0.3 is 4.74 Å². The summed E-state index contributed by atoms with van der Waals surface area (Å²) in [5.74, 6) is 2.82. The van der Waals surface area contributed by atoms with E-state index >= 15 is 0 Å². The number of hydrogen-bond donors (Lipinski definition) is 0. The quantitative estimate of drug-likeness (QED) is 0.568. The maximum atomic E-state index is 7.08. The number of rotatable bonds is 0. The molecule has 2 bridgehead atoms. The summed E-state index contributed by atoms with van der Waals surface area (Å²) in [7, 11) is 0. The Morgan fingerprint density at radius 1 is 0.875 bits per heavy atom. The summed E-state index contributed by atoms with van der Waals surface area (Å²) in [4.78, 5) is 0. The Balaban J connectivity index is 1.70. The van der Waals surface area contributed by atoms with Gasteiger partial charge in [0.25, 0.3) is 0 Å². The van der Waals surface area contributed by atoms with Crippen molar-refractivity contribution in [1.82, 2.24) is 0 Å². The smallest absolute Gasteiger partial charge is 0.131 e. The van der Waals surface area contributed by atoms with Crippen molar-refractivity contribution in [1.29, 1.82) is 0 Å². The van der Waals surface area contributed by atoms with Crippen LogP contribution in [0.2, 0.25) is 0 Å². The molecule has 0 saturated heterocycles. The second kappa shape index (κ2) is 5.25. The van der Waals surface area contributed by atoms with Crippen molar-refractivity contribution in [3.05, 3.63) is 41.0 Å². The topological polar surface area (TPSA) is 9.23 Å². The van der Waals surface area contributed by atoms with E-state index in [0.29, 0.717) is 0 Å². The van der Waals surface area contributed by atoms with Crippen LogP contribution in [0.3, 0.4) is 0 Å². The summed E-state index contributed by atoms with van der Waals surface area (Å²) < 4.78 is 7.08. The average molecular weight is 320 g/mol. The highest BCUT2D eigenvalue weighted by Crippen LogP contribution is 2.55. The minimum Gasteiger partial charge on any atom is -0.486 e. The van der Waals surface area contributed by atoms with Gasteiger partial charge in [0, 0.05) is 5.39 Å². The third-order valence-electron chi connectivity index (χ3n) is 7.52. The highest BCUT2D eigenvalue weighted by molar-refractivity contribution is 5.93. The monoisotopic (exact) mass is 320 g/mol. The van der Waals surface area contributed by atoms with E-state index in [-0.39, 0.29) is 5.60 Å². The fourth-order valence-corrected chi connectivity index (χ4v) is 6.14. The molecule has 2 aromatic rings. The molecule has 2 aromatic carbocycles. The summed E-state index contributed by atoms with van der Waals surface area (Å²) in [5.41, 5.74) is 4.53. The lowest BCUT2D eigenvalue weighted by molar-refractivity contribution is -0.109. The maximum absolute atomic E-state index is 7.08. The molecule has 0 atom stereocenters. The van der Waals surface area contributed by atoms with Gasteiger partial charge in [0.05, 0.1) is 0 Å². The molecular formula is C23H28O. The summed E-state index contributed by atoms with van der Waals surface area (Å²) in [6, 6.07) is 8.88. The molecule has 3 aliphatic rings. The van der Waals surface area contributed by atoms with Crippen molar-refractivity contribution in [2.24, 2.45) is 11.8 Å². The van der Waals surface area contributed by atoms with E-state index in [1.165, 1.54) is 84.6 Å². The Morgan fingerprint density at radius 2 is 1.50 bits per heavy atom. The normalized spacial score (nSPS) is 31.8. The number of hydrogen-bond acceptors (Lipinski definition) is 1. The zero-order chi connectivity index (χ0) is 16.3. The van der Waals surface area contributed by atoms with E-state index in [2.05, 4.69) is 38.1 Å². The van der Waals surface area contributed by atoms with Crippen molar-refractivity contribution in [2.75, 3.05) is 0 Å². The maximum Gasteiger partial charge on any atom is 0.131 e. The summed E-state index contributed by atoms with van der Waals surface area (Å²) in [5, 5.41) is 2.73. The molecule has 1 aliphatic heterocycles. The zero-order valence-electron chi connectivity index (χ0n) is 15.0. The molecule has 1 nitrogen and oxygen atoms in total. The van der Waals surface area contributed by atoms with Gasteiger partial charge in [0.1, 0.15) is 11.4 Å². The molecule has 0 aromatic heterocycles. The number of benzene rings is 2. The van der Waals surface area contributed by atoms with Crippen molar-refractivity contribution < 1.29 is 4.74 Å². The van der Waals surface area contributed by atoms with Gasteiger partial charge in [-0.1, -0.05) is 37.1 Å². The highest BCUT2D eigenvalue weighted by Gasteiger charge is 2.53. The predicted octanol–water partition coefficient (Wildman–Crippen LogP) is 6.12. The molecule has 2 aliphatic carbocycles. The summed E-state index contributed by atoms with van der Waals surface area (Å²) >= 11 is 0. The predicted molar refractivity (Wildman–Crippen MR) is 99.8 cm³/mol. The second-order valence-corrected chi connectivity index (χ2v) is 8.42. The molecule has 1 spiro atoms. The van der Waals surface area contributed by atoms with Crippen LogP contribution in [0.5, 0.6) is 5.75 Å². The standard InChI is InChI=1S/C23H28O/c1-15-16(2)20-13-14-23(17-7-5-8-18(23)10-6-9-17)24-22(20)21-12-4-3-11-19(15)21/h3-4,11-12,17-18H,5-10,13-14H2,1-2H3. The van der Waals surface area contributed by atoms with E-state index < -0.39 is 0 Å². The lowest BCUT2D eigenvalue weighted by Crippen LogP contribution is -2.56. The Kier molecular flexibility index (Phi) is 3.24. The van der Waals surface area contributed by atoms with E-state index in [1.807, 2.05) is 0 Å². The number of ether oxygens (including phenoxy) is 1. The molecule has 0 radical (unpaired) electrons. The van der Waals surface area contributed by atoms with Crippen LogP contribution in [0.1, 0.15) is 61.6 Å². The minimum absolute atomic E-state index is 0.147. The molecular weight excluding hydrogens is 292 g/mol. The molecule has 1 heterocycles. The molecule has 5 rings (SSSR count). The zero-order valence-corrected chi connectivity index (χ0v) is 15.0. The van der Waals surface area contributed by atoms with E-state index in [0.717, 1.165) is 11.8 Å². The fraction of sp³-hybridized carbons (Fsp3) is 0.565. The van der Waals surface area contributed by atoms with Gasteiger partial charge in [-0.25, -0.2) is 0 Å². The SMILES string of the molecule is Cc1c2c(c3ccccc3c1C)OC1(CC2)C2CCCC1CCC2. The van der Waals surface area contributed by atoms with Crippen molar-refractivity contribution >= 4 is 10.8 Å². The molecule has 2 saturated carbocycles. The summed E-state index contributed by atoms with van der Waals surface area (Å²) in [6.07, 6.45) is 10.8. The van der Waals surface area contributed by atoms with Gasteiger partial charge in [0.15, 0.2) is 0 Å². The molecule has 0 amide bonds. The lowest BCUT2D eigenvalue weighted by Gasteiger charge is -2.55. The molecule has 0 unspecified atom stereocenters. The van der Waals surface area contributed by atoms with Gasteiger partial charge in [0.2, 0.25) is 0 Å². The number of aryl methyl sites for hydroxylation is 1. The van der Waals surface area contributed by atoms with Gasteiger partial charge in [-0.05, 0) is 86.3 Å². The van der Waals surface area contributed by atoms with Crippen molar-refractivity contribution in [3.8, 4) is 5.75 Å². The second-order valence-electron chi connectivity index (χ2n) is 8.42. The van der Waals surface area contributed by atoms with E-state index in [4.69, 9.17) is 4.74 Å². The number of fused-ring (bicyclic) bond motifs is 3. The molecule has 0 N–H and O–H groups in total. The van der Waals surface area contributed by atoms with Crippen LogP contribution in [-0.4, -0.2) is 5.60 Å². The van der Waals surface area contributed by atoms with Crippen LogP contribution in [0, 0.1) is 25.7 Å². The van der Waals surface area contributed by atoms with Gasteiger partial charge in [-0.3, -0.25) is 0 Å². The lowest BCUT2D eigenvalue weighted by atomic mass is 9.59. The molecule has 1 heteroatoms. The first-order valence-electron chi connectivity index (χ1n) is 9.90. The van der Waals surface area contributed by atoms with E-state index in [1.54, 1.807) is 0 Å². The molecule has 24 heavy (non-hydrogen) atoms. The third kappa shape index (κ3) is 1.87. The minimum atomic E-state index is 0.147. The first kappa shape index (κ1) is 14.8. The third-order valence-corrected chi connectivity index (χ3v) is 7.52. The van der Waals surface area contributed by atoms with Crippen LogP contribution < -0.4 is 4.74 Å². The van der Waals surface area contributed by atoms with Gasteiger partial charge >= 0.3 is 0 Å². The van der Waals surface area contributed by atoms with Crippen LogP contribution in [0.15, 0.2) is 24.3 Å². The van der Waals surface area contributed by atoms with E-state index in [9.17, 15) is 0 Å². The molecule has 2 fully saturated rings. The van der Waals surface area contributed by atoms with Crippen molar-refractivity contribution in [3.63, 3.8) is 0 Å². The largest absolute Gasteiger partial charge is 0.486 e. The Hall–Kier alpha value is -1.50. The van der Waals surface area contributed by atoms with Crippen LogP contribution in [-0.2, 0) is 6.42 Å². The first-order chi connectivity index (χ1) is 11.7. The van der Waals surface area contributed by atoms with Crippen LogP contribution in [0.4, 0.5) is 0 Å². The average Bonchev–Trinajstić information content (AvgIpc) is 2.59. The van der Waals surface area contributed by atoms with Crippen LogP contribution >= 0.6 is 0 Å². The van der Waals surface area contributed by atoms with Gasteiger partial charge in [-0.2, -0.15) is 0 Å². The Labute approximate surface area is 145 Å². The Bertz CT molecular complexity index is 781. The van der Waals surface area contributed by atoms with Gasteiger partial charge in [-0.15, -0.1) is 0 Å². The summed E-state index contributed by atoms with van der Waals surface area (Å²) in [6.45, 7) is 4.57. The first-order valence-corrected chi connectivity index (χ1v) is 9.90.